The highest BCUT2D eigenvalue weighted by Crippen LogP contribution is 2.40. The van der Waals surface area contributed by atoms with Crippen LogP contribution in [0.15, 0.2) is 18.2 Å². The topological polar surface area (TPSA) is 107 Å². The SMILES string of the molecule is Cc1nc(N[C@H](C)c2cccc(C(F)F)c2F)c(C2OCCO2)c(C(C(=O)NC2(CF)CC2)C2CNCCO2)n1. The summed E-state index contributed by atoms with van der Waals surface area (Å²) in [6.07, 6.45) is -3.50. The lowest BCUT2D eigenvalue weighted by molar-refractivity contribution is -0.128. The van der Waals surface area contributed by atoms with Crippen LogP contribution in [0.5, 0.6) is 0 Å². The van der Waals surface area contributed by atoms with Gasteiger partial charge in [-0.05, 0) is 26.7 Å². The molecule has 3 atom stereocenters. The molecule has 2 aliphatic heterocycles. The molecule has 1 amide bonds. The first-order chi connectivity index (χ1) is 19.2. The second kappa shape index (κ2) is 11.9. The standard InChI is InChI=1S/C27H33F4N5O4/c1-14(16-4-3-5-17(21(16)29)23(30)31)33-24-20(26-39-10-11-40-26)22(34-15(2)35-24)19(18-12-32-8-9-38-18)25(37)36-27(13-28)6-7-27/h3-5,14,18-19,23,26,32H,6-13H2,1-2H3,(H,36,37)(H,33,34,35)/t14-,18?,19?/m1/s1. The van der Waals surface area contributed by atoms with Crippen molar-refractivity contribution in [1.29, 1.82) is 0 Å². The Morgan fingerprint density at radius 2 is 1.88 bits per heavy atom. The van der Waals surface area contributed by atoms with E-state index in [0.29, 0.717) is 43.9 Å². The number of nitrogens with zero attached hydrogens (tertiary/aromatic N) is 2. The maximum Gasteiger partial charge on any atom is 0.266 e. The van der Waals surface area contributed by atoms with Crippen molar-refractivity contribution < 1.29 is 36.6 Å². The van der Waals surface area contributed by atoms with Gasteiger partial charge < -0.3 is 30.2 Å². The molecule has 0 spiro atoms. The summed E-state index contributed by atoms with van der Waals surface area (Å²) >= 11 is 0. The van der Waals surface area contributed by atoms with Crippen molar-refractivity contribution in [3.8, 4) is 0 Å². The molecule has 13 heteroatoms. The molecule has 3 fully saturated rings. The number of anilines is 1. The molecule has 3 N–H and O–H groups in total. The molecule has 1 aromatic heterocycles. The van der Waals surface area contributed by atoms with Crippen LogP contribution < -0.4 is 16.0 Å². The molecule has 3 heterocycles. The van der Waals surface area contributed by atoms with E-state index in [1.54, 1.807) is 13.8 Å². The molecule has 40 heavy (non-hydrogen) atoms. The summed E-state index contributed by atoms with van der Waals surface area (Å²) in [7, 11) is 0. The zero-order chi connectivity index (χ0) is 28.4. The summed E-state index contributed by atoms with van der Waals surface area (Å²) in [5, 5.41) is 9.19. The fraction of sp³-hybridized carbons (Fsp3) is 0.593. The third kappa shape index (κ3) is 5.92. The van der Waals surface area contributed by atoms with Crippen LogP contribution in [0.4, 0.5) is 23.4 Å². The number of morpholine rings is 1. The van der Waals surface area contributed by atoms with Gasteiger partial charge in [0.25, 0.3) is 6.43 Å². The van der Waals surface area contributed by atoms with Gasteiger partial charge in [-0.1, -0.05) is 18.2 Å². The van der Waals surface area contributed by atoms with Crippen LogP contribution in [-0.2, 0) is 19.0 Å². The highest BCUT2D eigenvalue weighted by molar-refractivity contribution is 5.86. The van der Waals surface area contributed by atoms with Gasteiger partial charge in [0, 0.05) is 18.7 Å². The lowest BCUT2D eigenvalue weighted by atomic mass is 9.91. The Hall–Kier alpha value is -2.87. The van der Waals surface area contributed by atoms with Crippen LogP contribution in [0, 0.1) is 12.7 Å². The van der Waals surface area contributed by atoms with Crippen molar-refractivity contribution in [1.82, 2.24) is 20.6 Å². The summed E-state index contributed by atoms with van der Waals surface area (Å²) < 4.78 is 73.1. The minimum atomic E-state index is -2.97. The Bertz CT molecular complexity index is 1220. The Morgan fingerprint density at radius 3 is 2.50 bits per heavy atom. The van der Waals surface area contributed by atoms with E-state index in [1.807, 2.05) is 0 Å². The smallest absolute Gasteiger partial charge is 0.266 e. The summed E-state index contributed by atoms with van der Waals surface area (Å²) in [6.45, 7) is 4.44. The summed E-state index contributed by atoms with van der Waals surface area (Å²) in [5.74, 6) is -1.94. The van der Waals surface area contributed by atoms with Crippen LogP contribution in [0.2, 0.25) is 0 Å². The van der Waals surface area contributed by atoms with Crippen LogP contribution in [0.25, 0.3) is 0 Å². The largest absolute Gasteiger partial charge is 0.374 e. The molecular weight excluding hydrogens is 534 g/mol. The lowest BCUT2D eigenvalue weighted by Gasteiger charge is -2.33. The maximum absolute atomic E-state index is 15.0. The molecule has 5 rings (SSSR count). The average Bonchev–Trinajstić information content (AvgIpc) is 3.49. The van der Waals surface area contributed by atoms with Crippen LogP contribution in [0.1, 0.15) is 72.6 Å². The molecule has 1 saturated carbocycles. The van der Waals surface area contributed by atoms with E-state index in [2.05, 4.69) is 25.9 Å². The molecule has 2 saturated heterocycles. The van der Waals surface area contributed by atoms with E-state index < -0.39 is 60.3 Å². The first-order valence-electron chi connectivity index (χ1n) is 13.4. The summed E-state index contributed by atoms with van der Waals surface area (Å²) in [5.41, 5.74) is -0.990. The van der Waals surface area contributed by atoms with Gasteiger partial charge in [0.1, 0.15) is 30.1 Å². The molecule has 1 aromatic carbocycles. The average molecular weight is 568 g/mol. The number of benzene rings is 1. The number of alkyl halides is 3. The molecule has 1 aliphatic carbocycles. The van der Waals surface area contributed by atoms with Crippen molar-refractivity contribution >= 4 is 11.7 Å². The third-order valence-electron chi connectivity index (χ3n) is 7.46. The highest BCUT2D eigenvalue weighted by Gasteiger charge is 2.48. The van der Waals surface area contributed by atoms with E-state index in [9.17, 15) is 18.0 Å². The number of aryl methyl sites for hydroxylation is 1. The third-order valence-corrected chi connectivity index (χ3v) is 7.46. The number of hydrogen-bond donors (Lipinski definition) is 3. The minimum absolute atomic E-state index is 0.0163. The molecular formula is C27H33F4N5O4. The van der Waals surface area contributed by atoms with Crippen molar-refractivity contribution in [2.75, 3.05) is 44.9 Å². The lowest BCUT2D eigenvalue weighted by Crippen LogP contribution is -2.50. The highest BCUT2D eigenvalue weighted by atomic mass is 19.3. The predicted octanol–water partition coefficient (Wildman–Crippen LogP) is 3.77. The zero-order valence-corrected chi connectivity index (χ0v) is 22.3. The zero-order valence-electron chi connectivity index (χ0n) is 22.3. The summed E-state index contributed by atoms with van der Waals surface area (Å²) in [6, 6.07) is 3.02. The quantitative estimate of drug-likeness (QED) is 0.373. The van der Waals surface area contributed by atoms with Crippen molar-refractivity contribution in [2.24, 2.45) is 0 Å². The molecule has 9 nitrogen and oxygen atoms in total. The first-order valence-corrected chi connectivity index (χ1v) is 13.4. The second-order valence-electron chi connectivity index (χ2n) is 10.4. The van der Waals surface area contributed by atoms with Crippen molar-refractivity contribution in [3.05, 3.63) is 52.2 Å². The Labute approximate surface area is 229 Å². The van der Waals surface area contributed by atoms with Gasteiger partial charge in [-0.2, -0.15) is 0 Å². The normalized spacial score (nSPS) is 22.2. The Balaban J connectivity index is 1.57. The van der Waals surface area contributed by atoms with Gasteiger partial charge in [0.05, 0.1) is 54.3 Å². The molecule has 2 unspecified atom stereocenters. The molecule has 3 aliphatic rings. The van der Waals surface area contributed by atoms with Gasteiger partial charge in [-0.15, -0.1) is 0 Å². The van der Waals surface area contributed by atoms with Gasteiger partial charge in [0.15, 0.2) is 6.29 Å². The van der Waals surface area contributed by atoms with E-state index in [1.165, 1.54) is 12.1 Å². The van der Waals surface area contributed by atoms with Crippen molar-refractivity contribution in [2.45, 2.75) is 63.0 Å². The number of halogens is 4. The number of ether oxygens (including phenoxy) is 3. The number of nitrogens with one attached hydrogen (secondary N) is 3. The Kier molecular flexibility index (Phi) is 8.55. The van der Waals surface area contributed by atoms with Gasteiger partial charge in [-0.25, -0.2) is 27.5 Å². The van der Waals surface area contributed by atoms with Crippen molar-refractivity contribution in [3.63, 3.8) is 0 Å². The van der Waals surface area contributed by atoms with Crippen LogP contribution in [0.3, 0.4) is 0 Å². The molecule has 0 radical (unpaired) electrons. The fourth-order valence-electron chi connectivity index (χ4n) is 5.11. The second-order valence-corrected chi connectivity index (χ2v) is 10.4. The van der Waals surface area contributed by atoms with E-state index in [-0.39, 0.29) is 30.3 Å². The molecule has 218 valence electrons. The predicted molar refractivity (Wildman–Crippen MR) is 136 cm³/mol. The van der Waals surface area contributed by atoms with E-state index >= 15 is 4.39 Å². The van der Waals surface area contributed by atoms with Crippen LogP contribution >= 0.6 is 0 Å². The minimum Gasteiger partial charge on any atom is -0.374 e. The number of carbonyl (C=O) groups is 1. The first kappa shape index (κ1) is 28.7. The number of aromatic nitrogens is 2. The van der Waals surface area contributed by atoms with Gasteiger partial charge in [0.2, 0.25) is 5.91 Å². The molecule has 0 bridgehead atoms. The number of hydrogen-bond acceptors (Lipinski definition) is 8. The molecule has 2 aromatic rings. The maximum atomic E-state index is 15.0. The monoisotopic (exact) mass is 567 g/mol. The number of rotatable bonds is 10. The number of carbonyl (C=O) groups excluding carboxylic acids is 1. The summed E-state index contributed by atoms with van der Waals surface area (Å²) in [4.78, 5) is 22.9. The van der Waals surface area contributed by atoms with E-state index in [0.717, 1.165) is 6.07 Å². The van der Waals surface area contributed by atoms with E-state index in [4.69, 9.17) is 14.2 Å². The Morgan fingerprint density at radius 1 is 1.15 bits per heavy atom. The fourth-order valence-corrected chi connectivity index (χ4v) is 5.11. The van der Waals surface area contributed by atoms with Gasteiger partial charge in [-0.3, -0.25) is 4.79 Å². The number of amides is 1. The van der Waals surface area contributed by atoms with Crippen LogP contribution in [-0.4, -0.2) is 67.1 Å². The van der Waals surface area contributed by atoms with Gasteiger partial charge >= 0.3 is 0 Å².